The fourth-order valence-corrected chi connectivity index (χ4v) is 5.28. The van der Waals surface area contributed by atoms with E-state index in [0.29, 0.717) is 6.61 Å². The maximum absolute atomic E-state index is 12.3. The van der Waals surface area contributed by atoms with Crippen LogP contribution in [0.2, 0.25) is 4.82 Å². The van der Waals surface area contributed by atoms with Gasteiger partial charge in [0.15, 0.2) is 0 Å². The van der Waals surface area contributed by atoms with Crippen molar-refractivity contribution in [1.82, 2.24) is 0 Å². The third kappa shape index (κ3) is 3.25. The van der Waals surface area contributed by atoms with Crippen LogP contribution in [0.5, 0.6) is 0 Å². The van der Waals surface area contributed by atoms with Crippen LogP contribution in [0.25, 0.3) is 0 Å². The SMILES string of the molecule is COC(=O)[C@@H]1[C@H]([Se]c2ccccc2)CO[C@H]1c1ccccc1. The fourth-order valence-electron chi connectivity index (χ4n) is 2.74. The Morgan fingerprint density at radius 1 is 1.09 bits per heavy atom. The Morgan fingerprint density at radius 2 is 1.73 bits per heavy atom. The van der Waals surface area contributed by atoms with Crippen molar-refractivity contribution in [2.24, 2.45) is 5.92 Å². The third-order valence-corrected chi connectivity index (χ3v) is 6.48. The number of rotatable bonds is 4. The van der Waals surface area contributed by atoms with E-state index in [1.807, 2.05) is 48.5 Å². The van der Waals surface area contributed by atoms with Gasteiger partial charge in [0.05, 0.1) is 0 Å². The number of methoxy groups -OCH3 is 1. The molecule has 3 rings (SSSR count). The molecule has 0 aromatic heterocycles. The summed E-state index contributed by atoms with van der Waals surface area (Å²) < 4.78 is 12.3. The molecule has 0 bridgehead atoms. The number of carbonyl (C=O) groups excluding carboxylic acids is 1. The summed E-state index contributed by atoms with van der Waals surface area (Å²) in [5.41, 5.74) is 1.05. The molecule has 0 N–H and O–H groups in total. The van der Waals surface area contributed by atoms with Gasteiger partial charge in [-0.15, -0.1) is 0 Å². The number of hydrogen-bond acceptors (Lipinski definition) is 3. The van der Waals surface area contributed by atoms with Gasteiger partial charge in [-0.2, -0.15) is 0 Å². The van der Waals surface area contributed by atoms with Gasteiger partial charge in [0, 0.05) is 0 Å². The average molecular weight is 361 g/mol. The van der Waals surface area contributed by atoms with Gasteiger partial charge in [0.25, 0.3) is 0 Å². The summed E-state index contributed by atoms with van der Waals surface area (Å²) in [6, 6.07) is 20.3. The van der Waals surface area contributed by atoms with E-state index in [-0.39, 0.29) is 37.8 Å². The van der Waals surface area contributed by atoms with E-state index in [1.54, 1.807) is 0 Å². The van der Waals surface area contributed by atoms with Gasteiger partial charge >= 0.3 is 136 Å². The van der Waals surface area contributed by atoms with Gasteiger partial charge in [-0.25, -0.2) is 0 Å². The molecule has 0 aliphatic carbocycles. The Hall–Kier alpha value is -1.61. The maximum atomic E-state index is 12.3. The first kappa shape index (κ1) is 15.3. The Labute approximate surface area is 136 Å². The summed E-state index contributed by atoms with van der Waals surface area (Å²) in [6.07, 6.45) is -0.204. The molecule has 3 atom stereocenters. The second kappa shape index (κ2) is 7.10. The van der Waals surface area contributed by atoms with E-state index in [0.717, 1.165) is 5.56 Å². The van der Waals surface area contributed by atoms with Crippen molar-refractivity contribution in [2.45, 2.75) is 10.9 Å². The van der Waals surface area contributed by atoms with Gasteiger partial charge in [-0.1, -0.05) is 0 Å². The van der Waals surface area contributed by atoms with Crippen LogP contribution >= 0.6 is 0 Å². The summed E-state index contributed by atoms with van der Waals surface area (Å²) in [7, 11) is 1.45. The summed E-state index contributed by atoms with van der Waals surface area (Å²) in [5, 5.41) is 0. The molecule has 0 radical (unpaired) electrons. The second-order valence-corrected chi connectivity index (χ2v) is 7.94. The number of ether oxygens (including phenoxy) is 2. The second-order valence-electron chi connectivity index (χ2n) is 5.18. The van der Waals surface area contributed by atoms with E-state index in [1.165, 1.54) is 11.6 Å². The van der Waals surface area contributed by atoms with E-state index >= 15 is 0 Å². The van der Waals surface area contributed by atoms with Crippen LogP contribution in [0, 0.1) is 5.92 Å². The minimum atomic E-state index is -0.229. The molecule has 1 saturated heterocycles. The van der Waals surface area contributed by atoms with Gasteiger partial charge in [0.2, 0.25) is 0 Å². The zero-order valence-corrected chi connectivity index (χ0v) is 14.1. The van der Waals surface area contributed by atoms with Crippen LogP contribution in [-0.4, -0.2) is 34.6 Å². The fraction of sp³-hybridized carbons (Fsp3) is 0.278. The molecular formula is C18H18O3Se. The van der Waals surface area contributed by atoms with Crippen LogP contribution in [0.3, 0.4) is 0 Å². The molecule has 1 aliphatic rings. The van der Waals surface area contributed by atoms with Crippen LogP contribution in [0.15, 0.2) is 60.7 Å². The Morgan fingerprint density at radius 3 is 2.36 bits per heavy atom. The summed E-state index contributed by atoms with van der Waals surface area (Å²) in [4.78, 5) is 12.5. The number of hydrogen-bond donors (Lipinski definition) is 0. The van der Waals surface area contributed by atoms with Crippen molar-refractivity contribution in [2.75, 3.05) is 13.7 Å². The standard InChI is InChI=1S/C18H18O3Se/c1-20-18(19)16-15(22-14-10-6-3-7-11-14)12-21-17(16)13-8-4-2-5-9-13/h2-11,15-17H,12H2,1H3/t15-,16-,17+/m1/s1. The predicted molar refractivity (Wildman–Crippen MR) is 86.2 cm³/mol. The van der Waals surface area contributed by atoms with Crippen molar-refractivity contribution >= 4 is 25.4 Å². The predicted octanol–water partition coefficient (Wildman–Crippen LogP) is 2.37. The molecule has 0 spiro atoms. The zero-order chi connectivity index (χ0) is 15.4. The van der Waals surface area contributed by atoms with E-state index in [2.05, 4.69) is 12.1 Å². The van der Waals surface area contributed by atoms with Crippen molar-refractivity contribution in [3.8, 4) is 0 Å². The van der Waals surface area contributed by atoms with Crippen molar-refractivity contribution in [3.63, 3.8) is 0 Å². The molecule has 0 saturated carbocycles. The molecule has 0 amide bonds. The molecule has 2 aromatic carbocycles. The molecule has 114 valence electrons. The number of benzene rings is 2. The van der Waals surface area contributed by atoms with E-state index < -0.39 is 0 Å². The molecule has 4 heteroatoms. The van der Waals surface area contributed by atoms with Gasteiger partial charge in [0.1, 0.15) is 0 Å². The summed E-state index contributed by atoms with van der Waals surface area (Å²) >= 11 is 0.184. The Bertz CT molecular complexity index is 615. The molecule has 2 aromatic rings. The Kier molecular flexibility index (Phi) is 4.93. The molecular weight excluding hydrogens is 343 g/mol. The Balaban J connectivity index is 1.83. The third-order valence-electron chi connectivity index (χ3n) is 3.80. The van der Waals surface area contributed by atoms with Crippen LogP contribution in [-0.2, 0) is 14.3 Å². The number of esters is 1. The van der Waals surface area contributed by atoms with E-state index in [4.69, 9.17) is 9.47 Å². The van der Waals surface area contributed by atoms with Crippen LogP contribution in [0.4, 0.5) is 0 Å². The number of carbonyl (C=O) groups is 1. The molecule has 1 aliphatic heterocycles. The topological polar surface area (TPSA) is 35.5 Å². The monoisotopic (exact) mass is 362 g/mol. The van der Waals surface area contributed by atoms with Crippen LogP contribution in [0.1, 0.15) is 11.7 Å². The first-order chi connectivity index (χ1) is 10.8. The van der Waals surface area contributed by atoms with Gasteiger partial charge < -0.3 is 0 Å². The van der Waals surface area contributed by atoms with Crippen molar-refractivity contribution in [3.05, 3.63) is 66.2 Å². The summed E-state index contributed by atoms with van der Waals surface area (Å²) in [5.74, 6) is -0.401. The summed E-state index contributed by atoms with van der Waals surface area (Å²) in [6.45, 7) is 0.605. The van der Waals surface area contributed by atoms with Crippen LogP contribution < -0.4 is 4.46 Å². The zero-order valence-electron chi connectivity index (χ0n) is 12.3. The van der Waals surface area contributed by atoms with Gasteiger partial charge in [-0.05, 0) is 0 Å². The molecule has 1 fully saturated rings. The average Bonchev–Trinajstić information content (AvgIpc) is 2.99. The molecule has 22 heavy (non-hydrogen) atoms. The van der Waals surface area contributed by atoms with Crippen molar-refractivity contribution < 1.29 is 14.3 Å². The van der Waals surface area contributed by atoms with Crippen molar-refractivity contribution in [1.29, 1.82) is 0 Å². The molecule has 0 unspecified atom stereocenters. The first-order valence-corrected chi connectivity index (χ1v) is 9.10. The van der Waals surface area contributed by atoms with Gasteiger partial charge in [-0.3, -0.25) is 0 Å². The quantitative estimate of drug-likeness (QED) is 0.620. The molecule has 3 nitrogen and oxygen atoms in total. The molecule has 1 heterocycles. The van der Waals surface area contributed by atoms with E-state index in [9.17, 15) is 4.79 Å². The first-order valence-electron chi connectivity index (χ1n) is 7.25. The normalized spacial score (nSPS) is 24.1. The minimum absolute atomic E-state index is 0.172.